The van der Waals surface area contributed by atoms with E-state index < -0.39 is 0 Å². The van der Waals surface area contributed by atoms with Crippen LogP contribution in [0.25, 0.3) is 0 Å². The van der Waals surface area contributed by atoms with Crippen molar-refractivity contribution in [3.8, 4) is 0 Å². The van der Waals surface area contributed by atoms with E-state index in [1.807, 2.05) is 0 Å². The molecule has 0 heteroatoms. The first-order valence-corrected chi connectivity index (χ1v) is 13.5. The number of hydrogen-bond donors (Lipinski definition) is 0. The summed E-state index contributed by atoms with van der Waals surface area (Å²) in [6.45, 7) is 4.76. The van der Waals surface area contributed by atoms with Crippen molar-refractivity contribution < 1.29 is 0 Å². The van der Waals surface area contributed by atoms with Crippen LogP contribution in [0.3, 0.4) is 0 Å². The van der Waals surface area contributed by atoms with E-state index in [9.17, 15) is 0 Å². The predicted molar refractivity (Wildman–Crippen MR) is 149 cm³/mol. The summed E-state index contributed by atoms with van der Waals surface area (Å²) >= 11 is 0. The maximum Gasteiger partial charge on any atom is -0.00228 e. The summed E-state index contributed by atoms with van der Waals surface area (Å²) in [5.74, 6) is 1.79. The van der Waals surface area contributed by atoms with Crippen molar-refractivity contribution >= 4 is 0 Å². The molecule has 0 aliphatic heterocycles. The Labute approximate surface area is 212 Å². The highest BCUT2D eigenvalue weighted by atomic mass is 14.3. The number of rotatable bonds is 10. The average molecular weight is 459 g/mol. The van der Waals surface area contributed by atoms with E-state index in [0.717, 1.165) is 31.6 Å². The van der Waals surface area contributed by atoms with Gasteiger partial charge in [0.15, 0.2) is 0 Å². The average Bonchev–Trinajstić information content (AvgIpc) is 3.75. The Bertz CT molecular complexity index is 1220. The van der Waals surface area contributed by atoms with Gasteiger partial charge in [-0.3, -0.25) is 0 Å². The van der Waals surface area contributed by atoms with Crippen molar-refractivity contribution in [1.82, 2.24) is 0 Å². The summed E-state index contributed by atoms with van der Waals surface area (Å²) in [5, 5.41) is 0. The van der Waals surface area contributed by atoms with Crippen LogP contribution >= 0.6 is 0 Å². The van der Waals surface area contributed by atoms with Gasteiger partial charge in [-0.2, -0.15) is 0 Å². The molecule has 0 nitrogen and oxygen atoms in total. The van der Waals surface area contributed by atoms with Crippen LogP contribution in [0.1, 0.15) is 89.8 Å². The number of benzene rings is 4. The SMILES string of the molecule is CCC(C)c1c(Cc2ccccc2)cccc1C(Cc1ccccc1)Cc1ccccc1C1CC1. The molecule has 1 aliphatic carbocycles. The fourth-order valence-corrected chi connectivity index (χ4v) is 5.73. The normalized spacial score (nSPS) is 15.0. The van der Waals surface area contributed by atoms with Crippen LogP contribution in [0.4, 0.5) is 0 Å². The summed E-state index contributed by atoms with van der Waals surface area (Å²) in [6.07, 6.45) is 7.06. The lowest BCUT2D eigenvalue weighted by Gasteiger charge is -2.27. The van der Waals surface area contributed by atoms with E-state index >= 15 is 0 Å². The molecule has 0 saturated heterocycles. The molecule has 4 aromatic rings. The minimum Gasteiger partial charge on any atom is -0.0648 e. The molecule has 0 N–H and O–H groups in total. The fourth-order valence-electron chi connectivity index (χ4n) is 5.73. The van der Waals surface area contributed by atoms with Crippen molar-refractivity contribution in [2.45, 2.75) is 70.1 Å². The zero-order chi connectivity index (χ0) is 24.0. The zero-order valence-corrected chi connectivity index (χ0v) is 21.3. The second kappa shape index (κ2) is 11.1. The van der Waals surface area contributed by atoms with E-state index in [4.69, 9.17) is 0 Å². The predicted octanol–water partition coefficient (Wildman–Crippen LogP) is 9.24. The first-order chi connectivity index (χ1) is 17.2. The van der Waals surface area contributed by atoms with E-state index in [2.05, 4.69) is 117 Å². The Morgan fingerprint density at radius 2 is 1.29 bits per heavy atom. The van der Waals surface area contributed by atoms with E-state index in [1.54, 1.807) is 22.3 Å². The van der Waals surface area contributed by atoms with E-state index in [-0.39, 0.29) is 0 Å². The molecule has 0 spiro atoms. The molecule has 0 bridgehead atoms. The molecule has 1 fully saturated rings. The molecule has 2 atom stereocenters. The molecular formula is C35H38. The monoisotopic (exact) mass is 458 g/mol. The van der Waals surface area contributed by atoms with Gasteiger partial charge in [0.2, 0.25) is 0 Å². The van der Waals surface area contributed by atoms with Gasteiger partial charge in [0, 0.05) is 0 Å². The van der Waals surface area contributed by atoms with Crippen LogP contribution in [0.2, 0.25) is 0 Å². The lowest BCUT2D eigenvalue weighted by atomic mass is 9.77. The second-order valence-corrected chi connectivity index (χ2v) is 10.5. The van der Waals surface area contributed by atoms with Gasteiger partial charge in [-0.1, -0.05) is 117 Å². The van der Waals surface area contributed by atoms with Gasteiger partial charge in [-0.25, -0.2) is 0 Å². The second-order valence-electron chi connectivity index (χ2n) is 10.5. The maximum absolute atomic E-state index is 2.43. The molecule has 0 radical (unpaired) electrons. The summed E-state index contributed by atoms with van der Waals surface area (Å²) in [4.78, 5) is 0. The molecule has 35 heavy (non-hydrogen) atoms. The van der Waals surface area contributed by atoms with Gasteiger partial charge in [0.1, 0.15) is 0 Å². The Kier molecular flexibility index (Phi) is 7.48. The van der Waals surface area contributed by atoms with Crippen molar-refractivity contribution in [2.75, 3.05) is 0 Å². The van der Waals surface area contributed by atoms with Crippen LogP contribution in [0.15, 0.2) is 103 Å². The molecule has 1 saturated carbocycles. The smallest absolute Gasteiger partial charge is 0.00228 e. The highest BCUT2D eigenvalue weighted by molar-refractivity contribution is 5.45. The third-order valence-corrected chi connectivity index (χ3v) is 7.88. The van der Waals surface area contributed by atoms with Gasteiger partial charge >= 0.3 is 0 Å². The van der Waals surface area contributed by atoms with Crippen molar-refractivity contribution in [3.63, 3.8) is 0 Å². The summed E-state index contributed by atoms with van der Waals surface area (Å²) in [7, 11) is 0. The Hall–Kier alpha value is -3.12. The van der Waals surface area contributed by atoms with Gasteiger partial charge < -0.3 is 0 Å². The minimum absolute atomic E-state index is 0.469. The van der Waals surface area contributed by atoms with Gasteiger partial charge in [0.25, 0.3) is 0 Å². The quantitative estimate of drug-likeness (QED) is 0.222. The van der Waals surface area contributed by atoms with E-state index in [0.29, 0.717) is 11.8 Å². The van der Waals surface area contributed by atoms with Crippen LogP contribution in [-0.2, 0) is 19.3 Å². The van der Waals surface area contributed by atoms with Crippen LogP contribution < -0.4 is 0 Å². The fraction of sp³-hybridized carbons (Fsp3) is 0.314. The third kappa shape index (κ3) is 5.76. The maximum atomic E-state index is 2.43. The highest BCUT2D eigenvalue weighted by Crippen LogP contribution is 2.43. The molecular weight excluding hydrogens is 420 g/mol. The standard InChI is InChI=1S/C35H38/c1-3-26(2)35-31(23-27-13-6-4-7-14-27)18-12-20-34(35)32(24-28-15-8-5-9-16-28)25-30-17-10-11-19-33(30)29-21-22-29/h4-20,26,29,32H,3,21-25H2,1-2H3. The lowest BCUT2D eigenvalue weighted by molar-refractivity contribution is 0.639. The topological polar surface area (TPSA) is 0 Å². The van der Waals surface area contributed by atoms with Crippen LogP contribution in [-0.4, -0.2) is 0 Å². The van der Waals surface area contributed by atoms with Crippen molar-refractivity contribution in [2.24, 2.45) is 0 Å². The molecule has 1 aliphatic rings. The Morgan fingerprint density at radius 1 is 0.657 bits per heavy atom. The number of hydrogen-bond acceptors (Lipinski definition) is 0. The Balaban J connectivity index is 1.57. The Morgan fingerprint density at radius 3 is 1.97 bits per heavy atom. The lowest BCUT2D eigenvalue weighted by Crippen LogP contribution is -2.14. The largest absolute Gasteiger partial charge is 0.0648 e. The highest BCUT2D eigenvalue weighted by Gasteiger charge is 2.28. The molecule has 0 heterocycles. The van der Waals surface area contributed by atoms with Crippen molar-refractivity contribution in [3.05, 3.63) is 142 Å². The molecule has 2 unspecified atom stereocenters. The van der Waals surface area contributed by atoms with Crippen LogP contribution in [0, 0.1) is 0 Å². The first-order valence-electron chi connectivity index (χ1n) is 13.5. The molecule has 5 rings (SSSR count). The summed E-state index contributed by atoms with van der Waals surface area (Å²) < 4.78 is 0. The molecule has 4 aromatic carbocycles. The van der Waals surface area contributed by atoms with Crippen molar-refractivity contribution in [1.29, 1.82) is 0 Å². The molecule has 0 aromatic heterocycles. The van der Waals surface area contributed by atoms with E-state index in [1.165, 1.54) is 29.5 Å². The third-order valence-electron chi connectivity index (χ3n) is 7.88. The zero-order valence-electron chi connectivity index (χ0n) is 21.3. The van der Waals surface area contributed by atoms with Gasteiger partial charge in [0.05, 0.1) is 0 Å². The van der Waals surface area contributed by atoms with Crippen LogP contribution in [0.5, 0.6) is 0 Å². The van der Waals surface area contributed by atoms with Gasteiger partial charge in [-0.15, -0.1) is 0 Å². The molecule has 178 valence electrons. The summed E-state index contributed by atoms with van der Waals surface area (Å²) in [5.41, 5.74) is 10.6. The minimum atomic E-state index is 0.469. The first kappa shape index (κ1) is 23.6. The van der Waals surface area contributed by atoms with Gasteiger partial charge in [-0.05, 0) is 95.2 Å². The molecule has 0 amide bonds. The summed E-state index contributed by atoms with van der Waals surface area (Å²) in [6, 6.07) is 38.4.